The number of rotatable bonds is 5. The number of likely N-dealkylation sites (tertiary alicyclic amines) is 1. The monoisotopic (exact) mass is 303 g/mol. The fraction of sp³-hybridized carbons (Fsp3) is 0.625. The molecule has 22 heavy (non-hydrogen) atoms. The van der Waals surface area contributed by atoms with E-state index in [1.54, 1.807) is 6.26 Å². The highest BCUT2D eigenvalue weighted by Crippen LogP contribution is 2.35. The van der Waals surface area contributed by atoms with Crippen LogP contribution in [0.5, 0.6) is 0 Å². The Morgan fingerprint density at radius 1 is 1.41 bits per heavy atom. The van der Waals surface area contributed by atoms with Crippen molar-refractivity contribution in [2.45, 2.75) is 25.4 Å². The minimum Gasteiger partial charge on any atom is -0.364 e. The van der Waals surface area contributed by atoms with Gasteiger partial charge in [0.1, 0.15) is 6.26 Å². The molecule has 0 unspecified atom stereocenters. The Labute approximate surface area is 131 Å². The molecule has 0 bridgehead atoms. The van der Waals surface area contributed by atoms with Crippen LogP contribution in [0.4, 0.5) is 0 Å². The van der Waals surface area contributed by atoms with Crippen molar-refractivity contribution in [3.63, 3.8) is 0 Å². The van der Waals surface area contributed by atoms with Crippen LogP contribution >= 0.6 is 0 Å². The van der Waals surface area contributed by atoms with Gasteiger partial charge < -0.3 is 14.0 Å². The van der Waals surface area contributed by atoms with Crippen LogP contribution in [0.25, 0.3) is 0 Å². The lowest BCUT2D eigenvalue weighted by Crippen LogP contribution is -2.41. The maximum Gasteiger partial charge on any atom is 0.124 e. The van der Waals surface area contributed by atoms with E-state index in [9.17, 15) is 0 Å². The van der Waals surface area contributed by atoms with E-state index >= 15 is 0 Å². The van der Waals surface area contributed by atoms with E-state index in [1.165, 1.54) is 18.5 Å². The van der Waals surface area contributed by atoms with Crippen LogP contribution in [-0.2, 0) is 13.6 Å². The molecule has 1 fully saturated rings. The summed E-state index contributed by atoms with van der Waals surface area (Å²) < 4.78 is 7.07. The third-order valence-electron chi connectivity index (χ3n) is 4.63. The van der Waals surface area contributed by atoms with Gasteiger partial charge in [0, 0.05) is 32.4 Å². The van der Waals surface area contributed by atoms with Crippen LogP contribution in [-0.4, -0.2) is 51.7 Å². The number of aromatic nitrogens is 3. The number of imidazole rings is 1. The van der Waals surface area contributed by atoms with Crippen LogP contribution < -0.4 is 0 Å². The Morgan fingerprint density at radius 3 is 2.95 bits per heavy atom. The third-order valence-corrected chi connectivity index (χ3v) is 4.63. The maximum atomic E-state index is 4.92. The van der Waals surface area contributed by atoms with E-state index < -0.39 is 0 Å². The van der Waals surface area contributed by atoms with Gasteiger partial charge in [-0.2, -0.15) is 0 Å². The molecule has 1 aliphatic heterocycles. The summed E-state index contributed by atoms with van der Waals surface area (Å²) in [5, 5.41) is 4.01. The van der Waals surface area contributed by atoms with Crippen molar-refractivity contribution in [3.8, 4) is 0 Å². The second kappa shape index (κ2) is 6.62. The predicted octanol–water partition coefficient (Wildman–Crippen LogP) is 1.92. The van der Waals surface area contributed by atoms with Crippen molar-refractivity contribution in [2.24, 2.45) is 13.0 Å². The lowest BCUT2D eigenvalue weighted by atomic mass is 9.87. The smallest absolute Gasteiger partial charge is 0.124 e. The topological polar surface area (TPSA) is 50.3 Å². The summed E-state index contributed by atoms with van der Waals surface area (Å²) >= 11 is 0. The Kier molecular flexibility index (Phi) is 4.59. The summed E-state index contributed by atoms with van der Waals surface area (Å²) in [6, 6.07) is 2.36. The van der Waals surface area contributed by atoms with Crippen LogP contribution in [0.1, 0.15) is 30.3 Å². The highest BCUT2D eigenvalue weighted by molar-refractivity contribution is 5.09. The van der Waals surface area contributed by atoms with Gasteiger partial charge in [-0.1, -0.05) is 5.16 Å². The number of aryl methyl sites for hydroxylation is 1. The van der Waals surface area contributed by atoms with E-state index in [0.717, 1.165) is 25.3 Å². The highest BCUT2D eigenvalue weighted by Gasteiger charge is 2.32. The Morgan fingerprint density at radius 2 is 2.27 bits per heavy atom. The standard InChI is InChI=1S/C16H25N5O/c1-19(11-14-6-8-22-18-14)10-13-5-4-7-20(2)16(13)15-9-17-12-21(15)3/h6,8-9,12-13,16H,4-5,7,10-11H2,1-3H3/t13-,16+/m0/s1. The fourth-order valence-electron chi connectivity index (χ4n) is 3.63. The van der Waals surface area contributed by atoms with Crippen LogP contribution in [0.15, 0.2) is 29.4 Å². The molecule has 0 spiro atoms. The quantitative estimate of drug-likeness (QED) is 0.844. The molecule has 3 heterocycles. The molecule has 1 saturated heterocycles. The largest absolute Gasteiger partial charge is 0.364 e. The third kappa shape index (κ3) is 3.23. The van der Waals surface area contributed by atoms with Crippen molar-refractivity contribution in [1.29, 1.82) is 0 Å². The Hall–Kier alpha value is -1.66. The zero-order valence-corrected chi connectivity index (χ0v) is 13.6. The number of piperidine rings is 1. The lowest BCUT2D eigenvalue weighted by molar-refractivity contribution is 0.0874. The molecule has 0 radical (unpaired) electrons. The highest BCUT2D eigenvalue weighted by atomic mass is 16.5. The van der Waals surface area contributed by atoms with E-state index in [0.29, 0.717) is 12.0 Å². The van der Waals surface area contributed by atoms with Crippen molar-refractivity contribution in [2.75, 3.05) is 27.2 Å². The average Bonchev–Trinajstić information content (AvgIpc) is 3.11. The molecule has 6 heteroatoms. The van der Waals surface area contributed by atoms with Gasteiger partial charge in [-0.15, -0.1) is 0 Å². The van der Waals surface area contributed by atoms with Crippen molar-refractivity contribution in [3.05, 3.63) is 36.2 Å². The van der Waals surface area contributed by atoms with Gasteiger partial charge >= 0.3 is 0 Å². The SMILES string of the molecule is CN(Cc1ccon1)C[C@@H]1CCCN(C)[C@H]1c1cncn1C. The summed E-state index contributed by atoms with van der Waals surface area (Å²) in [4.78, 5) is 9.11. The van der Waals surface area contributed by atoms with Gasteiger partial charge in [-0.25, -0.2) is 4.98 Å². The minimum atomic E-state index is 0.431. The molecule has 1 aliphatic rings. The zero-order valence-electron chi connectivity index (χ0n) is 13.6. The molecular weight excluding hydrogens is 278 g/mol. The second-order valence-corrected chi connectivity index (χ2v) is 6.44. The predicted molar refractivity (Wildman–Crippen MR) is 84.1 cm³/mol. The van der Waals surface area contributed by atoms with Crippen LogP contribution in [0.3, 0.4) is 0 Å². The number of nitrogens with zero attached hydrogens (tertiary/aromatic N) is 5. The van der Waals surface area contributed by atoms with E-state index in [4.69, 9.17) is 4.52 Å². The maximum absolute atomic E-state index is 4.92. The summed E-state index contributed by atoms with van der Waals surface area (Å²) in [6.45, 7) is 3.03. The first-order valence-corrected chi connectivity index (χ1v) is 7.89. The first-order chi connectivity index (χ1) is 10.6. The lowest BCUT2D eigenvalue weighted by Gasteiger charge is -2.40. The first kappa shape index (κ1) is 15.2. The van der Waals surface area contributed by atoms with Gasteiger partial charge in [-0.05, 0) is 39.4 Å². The van der Waals surface area contributed by atoms with E-state index in [1.807, 2.05) is 18.6 Å². The Bertz CT molecular complexity index is 579. The summed E-state index contributed by atoms with van der Waals surface area (Å²) in [5.41, 5.74) is 2.30. The summed E-state index contributed by atoms with van der Waals surface area (Å²) in [7, 11) is 6.46. The molecule has 0 saturated carbocycles. The molecule has 0 aliphatic carbocycles. The van der Waals surface area contributed by atoms with Crippen LogP contribution in [0, 0.1) is 5.92 Å². The molecule has 0 aromatic carbocycles. The minimum absolute atomic E-state index is 0.431. The average molecular weight is 303 g/mol. The fourth-order valence-corrected chi connectivity index (χ4v) is 3.63. The Balaban J connectivity index is 1.71. The number of hydrogen-bond acceptors (Lipinski definition) is 5. The molecule has 2 aromatic heterocycles. The first-order valence-electron chi connectivity index (χ1n) is 7.89. The summed E-state index contributed by atoms with van der Waals surface area (Å²) in [6.07, 6.45) is 8.05. The van der Waals surface area contributed by atoms with Crippen molar-refractivity contribution < 1.29 is 4.52 Å². The summed E-state index contributed by atoms with van der Waals surface area (Å²) in [5.74, 6) is 0.603. The van der Waals surface area contributed by atoms with Crippen molar-refractivity contribution >= 4 is 0 Å². The second-order valence-electron chi connectivity index (χ2n) is 6.44. The zero-order chi connectivity index (χ0) is 15.5. The molecule has 2 atom stereocenters. The molecule has 6 nitrogen and oxygen atoms in total. The van der Waals surface area contributed by atoms with Gasteiger partial charge in [0.15, 0.2) is 0 Å². The molecule has 0 amide bonds. The van der Waals surface area contributed by atoms with Gasteiger partial charge in [0.25, 0.3) is 0 Å². The molecule has 3 rings (SSSR count). The normalized spacial score (nSPS) is 23.3. The molecule has 120 valence electrons. The molecular formula is C16H25N5O. The van der Waals surface area contributed by atoms with Crippen molar-refractivity contribution in [1.82, 2.24) is 24.5 Å². The van der Waals surface area contributed by atoms with E-state index in [-0.39, 0.29) is 0 Å². The van der Waals surface area contributed by atoms with E-state index in [2.05, 4.69) is 45.7 Å². The molecule has 0 N–H and O–H groups in total. The van der Waals surface area contributed by atoms with Crippen LogP contribution in [0.2, 0.25) is 0 Å². The van der Waals surface area contributed by atoms with Gasteiger partial charge in [0.05, 0.1) is 23.8 Å². The number of hydrogen-bond donors (Lipinski definition) is 0. The van der Waals surface area contributed by atoms with Gasteiger partial charge in [0.2, 0.25) is 0 Å². The van der Waals surface area contributed by atoms with Gasteiger partial charge in [-0.3, -0.25) is 4.90 Å². The molecule has 2 aromatic rings.